The standard InChI is InChI=1S/C32H35FO5/c1-18-13-20(11-12-32(3,4)36)14-19(2)30(18)24-7-9-26(33)31-25(24)8-10-27(31)38-22-5-6-23-21(15-29(34)35)17-37-28(23)16-22/h5-7,9,13-14,16,21,27,36H,8,10-12,15,17H2,1-4H3,(H,34,35)/t21-,27-/m1/s1. The third-order valence-electron chi connectivity index (χ3n) is 7.73. The summed E-state index contributed by atoms with van der Waals surface area (Å²) in [4.78, 5) is 11.1. The molecule has 0 unspecified atom stereocenters. The first-order valence-corrected chi connectivity index (χ1v) is 13.3. The number of aliphatic carboxylic acids is 1. The summed E-state index contributed by atoms with van der Waals surface area (Å²) in [5.74, 6) is -0.0584. The SMILES string of the molecule is Cc1cc(CCC(C)(C)O)cc(C)c1-c1ccc(F)c2c1CC[C@H]2Oc1ccc2c(c1)OC[C@H]2CC(=O)O. The highest BCUT2D eigenvalue weighted by atomic mass is 19.1. The van der Waals surface area contributed by atoms with Gasteiger partial charge in [-0.3, -0.25) is 4.79 Å². The van der Waals surface area contributed by atoms with Crippen molar-refractivity contribution in [2.45, 2.75) is 77.4 Å². The van der Waals surface area contributed by atoms with Crippen molar-refractivity contribution in [2.24, 2.45) is 0 Å². The number of rotatable bonds is 8. The van der Waals surface area contributed by atoms with Gasteiger partial charge in [-0.25, -0.2) is 4.39 Å². The van der Waals surface area contributed by atoms with E-state index in [2.05, 4.69) is 26.0 Å². The van der Waals surface area contributed by atoms with Crippen molar-refractivity contribution in [2.75, 3.05) is 6.61 Å². The van der Waals surface area contributed by atoms with Crippen molar-refractivity contribution in [1.29, 1.82) is 0 Å². The van der Waals surface area contributed by atoms with Crippen LogP contribution in [0.15, 0.2) is 42.5 Å². The van der Waals surface area contributed by atoms with E-state index >= 15 is 4.39 Å². The zero-order valence-electron chi connectivity index (χ0n) is 22.4. The van der Waals surface area contributed by atoms with Crippen LogP contribution in [0.2, 0.25) is 0 Å². The molecule has 2 N–H and O–H groups in total. The molecular weight excluding hydrogens is 483 g/mol. The van der Waals surface area contributed by atoms with Crippen molar-refractivity contribution in [1.82, 2.24) is 0 Å². The Balaban J connectivity index is 1.41. The van der Waals surface area contributed by atoms with E-state index in [0.717, 1.165) is 39.8 Å². The fourth-order valence-electron chi connectivity index (χ4n) is 5.97. The molecule has 1 heterocycles. The molecule has 0 saturated heterocycles. The Morgan fingerprint density at radius 2 is 1.87 bits per heavy atom. The van der Waals surface area contributed by atoms with E-state index in [1.54, 1.807) is 12.1 Å². The number of hydrogen-bond donors (Lipinski definition) is 2. The Labute approximate surface area is 223 Å². The van der Waals surface area contributed by atoms with Gasteiger partial charge in [0.05, 0.1) is 18.6 Å². The van der Waals surface area contributed by atoms with Gasteiger partial charge < -0.3 is 19.7 Å². The summed E-state index contributed by atoms with van der Waals surface area (Å²) in [6, 6.07) is 13.2. The molecule has 200 valence electrons. The van der Waals surface area contributed by atoms with Gasteiger partial charge in [-0.15, -0.1) is 0 Å². The van der Waals surface area contributed by atoms with Gasteiger partial charge in [0, 0.05) is 23.1 Å². The molecule has 38 heavy (non-hydrogen) atoms. The monoisotopic (exact) mass is 518 g/mol. The minimum absolute atomic E-state index is 0.0242. The summed E-state index contributed by atoms with van der Waals surface area (Å²) in [5.41, 5.74) is 7.41. The molecule has 6 heteroatoms. The summed E-state index contributed by atoms with van der Waals surface area (Å²) in [7, 11) is 0. The summed E-state index contributed by atoms with van der Waals surface area (Å²) < 4.78 is 27.3. The maximum Gasteiger partial charge on any atom is 0.304 e. The van der Waals surface area contributed by atoms with Crippen LogP contribution < -0.4 is 9.47 Å². The molecule has 0 spiro atoms. The van der Waals surface area contributed by atoms with Crippen LogP contribution in [0.3, 0.4) is 0 Å². The molecule has 2 aliphatic rings. The van der Waals surface area contributed by atoms with Crippen LogP contribution in [0.1, 0.15) is 78.5 Å². The van der Waals surface area contributed by atoms with Crippen LogP contribution in [0.25, 0.3) is 11.1 Å². The van der Waals surface area contributed by atoms with Gasteiger partial charge in [-0.2, -0.15) is 0 Å². The zero-order chi connectivity index (χ0) is 27.2. The largest absolute Gasteiger partial charge is 0.492 e. The molecule has 5 rings (SSSR count). The van der Waals surface area contributed by atoms with E-state index in [-0.39, 0.29) is 18.2 Å². The average molecular weight is 519 g/mol. The number of halogens is 1. The highest BCUT2D eigenvalue weighted by molar-refractivity contribution is 5.76. The first-order chi connectivity index (χ1) is 18.0. The molecule has 0 radical (unpaired) electrons. The van der Waals surface area contributed by atoms with E-state index < -0.39 is 17.7 Å². The lowest BCUT2D eigenvalue weighted by atomic mass is 9.88. The average Bonchev–Trinajstić information content (AvgIpc) is 3.43. The smallest absolute Gasteiger partial charge is 0.304 e. The molecule has 0 fully saturated rings. The van der Waals surface area contributed by atoms with Crippen LogP contribution in [-0.2, 0) is 17.6 Å². The number of ether oxygens (including phenoxy) is 2. The van der Waals surface area contributed by atoms with Crippen molar-refractivity contribution in [3.8, 4) is 22.6 Å². The van der Waals surface area contributed by atoms with Gasteiger partial charge in [0.15, 0.2) is 0 Å². The molecular formula is C32H35FO5. The zero-order valence-corrected chi connectivity index (χ0v) is 22.4. The van der Waals surface area contributed by atoms with Gasteiger partial charge in [0.1, 0.15) is 23.4 Å². The summed E-state index contributed by atoms with van der Waals surface area (Å²) in [6.07, 6.45) is 2.48. The number of fused-ring (bicyclic) bond motifs is 2. The topological polar surface area (TPSA) is 76.0 Å². The quantitative estimate of drug-likeness (QED) is 0.342. The lowest BCUT2D eigenvalue weighted by molar-refractivity contribution is -0.137. The van der Waals surface area contributed by atoms with Crippen molar-refractivity contribution in [3.63, 3.8) is 0 Å². The third kappa shape index (κ3) is 5.28. The number of aliphatic hydroxyl groups is 1. The molecule has 3 aromatic carbocycles. The highest BCUT2D eigenvalue weighted by Gasteiger charge is 2.32. The number of carboxylic acid groups (broad SMARTS) is 1. The number of carbonyl (C=O) groups is 1. The Bertz CT molecular complexity index is 1360. The van der Waals surface area contributed by atoms with E-state index in [1.807, 2.05) is 32.0 Å². The summed E-state index contributed by atoms with van der Waals surface area (Å²) >= 11 is 0. The molecule has 0 aromatic heterocycles. The molecule has 1 aliphatic heterocycles. The van der Waals surface area contributed by atoms with E-state index in [0.29, 0.717) is 42.9 Å². The van der Waals surface area contributed by atoms with Gasteiger partial charge in [-0.05, 0) is 98.9 Å². The fraction of sp³-hybridized carbons (Fsp3) is 0.406. The van der Waals surface area contributed by atoms with Crippen molar-refractivity contribution in [3.05, 3.63) is 81.7 Å². The highest BCUT2D eigenvalue weighted by Crippen LogP contribution is 2.45. The third-order valence-corrected chi connectivity index (χ3v) is 7.73. The molecule has 2 atom stereocenters. The minimum Gasteiger partial charge on any atom is -0.492 e. The van der Waals surface area contributed by atoms with Gasteiger partial charge in [-0.1, -0.05) is 24.3 Å². The van der Waals surface area contributed by atoms with Crippen LogP contribution in [0.4, 0.5) is 4.39 Å². The molecule has 0 saturated carbocycles. The Morgan fingerprint density at radius 1 is 1.13 bits per heavy atom. The second-order valence-electron chi connectivity index (χ2n) is 11.4. The second kappa shape index (κ2) is 10.1. The summed E-state index contributed by atoms with van der Waals surface area (Å²) in [6.45, 7) is 8.18. The molecule has 0 amide bonds. The first kappa shape index (κ1) is 26.2. The van der Waals surface area contributed by atoms with Crippen LogP contribution >= 0.6 is 0 Å². The predicted molar refractivity (Wildman–Crippen MR) is 145 cm³/mol. The van der Waals surface area contributed by atoms with Crippen molar-refractivity contribution >= 4 is 5.97 Å². The van der Waals surface area contributed by atoms with E-state index in [9.17, 15) is 9.90 Å². The molecule has 0 bridgehead atoms. The summed E-state index contributed by atoms with van der Waals surface area (Å²) in [5, 5.41) is 19.3. The Kier molecular flexibility index (Phi) is 6.95. The Hall–Kier alpha value is -3.38. The molecule has 1 aliphatic carbocycles. The van der Waals surface area contributed by atoms with E-state index in [4.69, 9.17) is 14.6 Å². The van der Waals surface area contributed by atoms with Gasteiger partial charge in [0.2, 0.25) is 0 Å². The maximum absolute atomic E-state index is 15.2. The van der Waals surface area contributed by atoms with Crippen LogP contribution in [-0.4, -0.2) is 28.4 Å². The van der Waals surface area contributed by atoms with Gasteiger partial charge >= 0.3 is 5.97 Å². The van der Waals surface area contributed by atoms with Crippen LogP contribution in [0.5, 0.6) is 11.5 Å². The first-order valence-electron chi connectivity index (χ1n) is 13.3. The number of carboxylic acids is 1. The number of benzene rings is 3. The maximum atomic E-state index is 15.2. The van der Waals surface area contributed by atoms with E-state index in [1.165, 1.54) is 5.56 Å². The minimum atomic E-state index is -0.852. The Morgan fingerprint density at radius 3 is 2.55 bits per heavy atom. The molecule has 5 nitrogen and oxygen atoms in total. The second-order valence-corrected chi connectivity index (χ2v) is 11.4. The number of aryl methyl sites for hydroxylation is 3. The predicted octanol–water partition coefficient (Wildman–Crippen LogP) is 6.83. The number of hydrogen-bond acceptors (Lipinski definition) is 4. The van der Waals surface area contributed by atoms with Crippen LogP contribution in [0, 0.1) is 19.7 Å². The lowest BCUT2D eigenvalue weighted by Crippen LogP contribution is -2.19. The molecule has 3 aromatic rings. The van der Waals surface area contributed by atoms with Crippen molar-refractivity contribution < 1.29 is 28.9 Å². The lowest BCUT2D eigenvalue weighted by Gasteiger charge is -2.20. The normalized spacial score (nSPS) is 18.2. The fourth-order valence-corrected chi connectivity index (χ4v) is 5.97. The van der Waals surface area contributed by atoms with Gasteiger partial charge in [0.25, 0.3) is 0 Å².